The summed E-state index contributed by atoms with van der Waals surface area (Å²) in [5.41, 5.74) is 6.57. The van der Waals surface area contributed by atoms with Crippen molar-refractivity contribution in [1.29, 1.82) is 0 Å². The van der Waals surface area contributed by atoms with E-state index >= 15 is 0 Å². The van der Waals surface area contributed by atoms with Gasteiger partial charge in [0.2, 0.25) is 5.91 Å². The number of nitrogens with one attached hydrogen (secondary N) is 4. The molecule has 2 aliphatic heterocycles. The third kappa shape index (κ3) is 8.13. The SMILES string of the molecule is COC(=O)N[C@H](C(=O)N1[C@@H]2CC[C@@H](C2)[C@H]1c1ncc(-c2ccc(-c3ccc4cc(-c5cnc([C@@H]6CCCN6C(=O)[C@H](NC(=O)OC)c6ccccc6)[nH]5)ccc4c3)cc2)[nH]1)C(C)C. The monoisotopic (exact) mass is 848 g/mol. The Bertz CT molecular complexity index is 2640. The summed E-state index contributed by atoms with van der Waals surface area (Å²) in [5.74, 6) is 1.38. The minimum Gasteiger partial charge on any atom is -0.453 e. The van der Waals surface area contributed by atoms with Crippen LogP contribution in [0.25, 0.3) is 44.4 Å². The highest BCUT2D eigenvalue weighted by Gasteiger charge is 2.51. The minimum absolute atomic E-state index is 0.0939. The highest BCUT2D eigenvalue weighted by Crippen LogP contribution is 2.50. The lowest BCUT2D eigenvalue weighted by atomic mass is 9.95. The van der Waals surface area contributed by atoms with Crippen molar-refractivity contribution in [3.63, 3.8) is 0 Å². The molecule has 1 saturated carbocycles. The van der Waals surface area contributed by atoms with Crippen LogP contribution in [0.2, 0.25) is 0 Å². The standard InChI is InChI=1S/C49H52N8O6/c1-28(2)41(54-48(60)62-3)47(59)57-37-21-20-36(25-37)43(57)45-51-26-38(53-45)30-14-12-29(13-15-30)32-16-17-34-24-35(19-18-33(34)23-32)39-27-50-44(52-39)40-11-8-22-56(40)46(58)42(55-49(61)63-4)31-9-6-5-7-10-31/h5-7,9-10,12-19,23-24,26-28,36-37,40-43H,8,11,20-22,25H2,1-4H3,(H,50,52)(H,51,53)(H,54,60)(H,55,61)/t36-,37+,40-,41-,42+,43-/m0/s1. The van der Waals surface area contributed by atoms with Gasteiger partial charge in [0.1, 0.15) is 23.7 Å². The Morgan fingerprint density at radius 1 is 0.698 bits per heavy atom. The Labute approximate surface area is 365 Å². The van der Waals surface area contributed by atoms with Crippen molar-refractivity contribution in [2.24, 2.45) is 11.8 Å². The molecule has 4 heterocycles. The molecule has 0 radical (unpaired) electrons. The van der Waals surface area contributed by atoms with E-state index in [1.165, 1.54) is 14.2 Å². The lowest BCUT2D eigenvalue weighted by Crippen LogP contribution is -2.54. The number of hydrogen-bond donors (Lipinski definition) is 4. The van der Waals surface area contributed by atoms with Gasteiger partial charge in [-0.25, -0.2) is 19.6 Å². The van der Waals surface area contributed by atoms with Crippen molar-refractivity contribution in [2.45, 2.75) is 76.2 Å². The van der Waals surface area contributed by atoms with Crippen LogP contribution in [0.1, 0.15) is 81.3 Å². The third-order valence-electron chi connectivity index (χ3n) is 13.1. The summed E-state index contributed by atoms with van der Waals surface area (Å²) in [4.78, 5) is 72.7. The fraction of sp³-hybridized carbons (Fsp3) is 0.347. The summed E-state index contributed by atoms with van der Waals surface area (Å²) in [6, 6.07) is 28.5. The highest BCUT2D eigenvalue weighted by molar-refractivity contribution is 5.91. The largest absolute Gasteiger partial charge is 0.453 e. The van der Waals surface area contributed by atoms with Gasteiger partial charge in [0.15, 0.2) is 0 Å². The van der Waals surface area contributed by atoms with E-state index in [1.807, 2.05) is 61.5 Å². The molecule has 4 amide bonds. The van der Waals surface area contributed by atoms with Crippen molar-refractivity contribution >= 4 is 34.8 Å². The summed E-state index contributed by atoms with van der Waals surface area (Å²) in [7, 11) is 2.59. The van der Waals surface area contributed by atoms with Gasteiger partial charge < -0.3 is 39.9 Å². The van der Waals surface area contributed by atoms with Crippen LogP contribution in [-0.4, -0.2) is 86.6 Å². The molecule has 3 aliphatic rings. The van der Waals surface area contributed by atoms with Crippen LogP contribution in [0.15, 0.2) is 103 Å². The molecule has 9 rings (SSSR count). The summed E-state index contributed by atoms with van der Waals surface area (Å²) >= 11 is 0. The van der Waals surface area contributed by atoms with Crippen molar-refractivity contribution in [2.75, 3.05) is 20.8 Å². The van der Waals surface area contributed by atoms with Gasteiger partial charge in [-0.3, -0.25) is 9.59 Å². The molecular formula is C49H52N8O6. The quantitative estimate of drug-likeness (QED) is 0.100. The van der Waals surface area contributed by atoms with Crippen molar-refractivity contribution in [3.05, 3.63) is 121 Å². The number of benzene rings is 4. The Balaban J connectivity index is 0.885. The fourth-order valence-corrected chi connectivity index (χ4v) is 9.83. The summed E-state index contributed by atoms with van der Waals surface area (Å²) in [5, 5.41) is 7.67. The lowest BCUT2D eigenvalue weighted by Gasteiger charge is -2.37. The number of alkyl carbamates (subject to hydrolysis) is 2. The first-order valence-corrected chi connectivity index (χ1v) is 21.7. The molecule has 324 valence electrons. The molecule has 2 bridgehead atoms. The zero-order valence-electron chi connectivity index (χ0n) is 35.8. The normalized spacial score (nSPS) is 20.2. The fourth-order valence-electron chi connectivity index (χ4n) is 9.83. The summed E-state index contributed by atoms with van der Waals surface area (Å²) in [6.45, 7) is 4.41. The molecule has 0 unspecified atom stereocenters. The van der Waals surface area contributed by atoms with E-state index in [-0.39, 0.29) is 35.9 Å². The average Bonchev–Trinajstić information content (AvgIpc) is 4.18. The number of aromatic nitrogens is 4. The van der Waals surface area contributed by atoms with Crippen molar-refractivity contribution < 1.29 is 28.7 Å². The van der Waals surface area contributed by atoms with Crippen LogP contribution < -0.4 is 10.6 Å². The number of nitrogens with zero attached hydrogens (tertiary/aromatic N) is 4. The van der Waals surface area contributed by atoms with Gasteiger partial charge in [-0.05, 0) is 89.1 Å². The highest BCUT2D eigenvalue weighted by atomic mass is 16.5. The molecule has 6 aromatic rings. The molecule has 63 heavy (non-hydrogen) atoms. The summed E-state index contributed by atoms with van der Waals surface area (Å²) < 4.78 is 9.67. The van der Waals surface area contributed by atoms with Gasteiger partial charge in [0.05, 0.1) is 50.1 Å². The third-order valence-corrected chi connectivity index (χ3v) is 13.1. The number of carbonyl (C=O) groups excluding carboxylic acids is 4. The van der Waals surface area contributed by atoms with E-state index in [0.29, 0.717) is 23.9 Å². The Morgan fingerprint density at radius 3 is 2.03 bits per heavy atom. The number of likely N-dealkylation sites (tertiary alicyclic amines) is 2. The number of hydrogen-bond acceptors (Lipinski definition) is 8. The lowest BCUT2D eigenvalue weighted by molar-refractivity contribution is -0.139. The molecule has 3 fully saturated rings. The van der Waals surface area contributed by atoms with Crippen LogP contribution in [0.4, 0.5) is 9.59 Å². The van der Waals surface area contributed by atoms with E-state index in [4.69, 9.17) is 19.4 Å². The van der Waals surface area contributed by atoms with Crippen LogP contribution in [0, 0.1) is 11.8 Å². The number of piperidine rings is 1. The minimum atomic E-state index is -0.881. The van der Waals surface area contributed by atoms with E-state index in [0.717, 1.165) is 82.3 Å². The van der Waals surface area contributed by atoms with E-state index < -0.39 is 24.3 Å². The van der Waals surface area contributed by atoms with Crippen LogP contribution in [0.5, 0.6) is 0 Å². The van der Waals surface area contributed by atoms with Crippen LogP contribution >= 0.6 is 0 Å². The predicted octanol–water partition coefficient (Wildman–Crippen LogP) is 8.48. The van der Waals surface area contributed by atoms with E-state index in [9.17, 15) is 19.2 Å². The number of carbonyl (C=O) groups is 4. The van der Waals surface area contributed by atoms with Gasteiger partial charge in [-0.15, -0.1) is 0 Å². The number of rotatable bonds is 11. The number of amides is 4. The second-order valence-electron chi connectivity index (χ2n) is 17.2. The maximum Gasteiger partial charge on any atom is 0.407 e. The van der Waals surface area contributed by atoms with Crippen LogP contribution in [-0.2, 0) is 19.1 Å². The molecule has 14 heteroatoms. The zero-order valence-corrected chi connectivity index (χ0v) is 35.8. The summed E-state index contributed by atoms with van der Waals surface area (Å²) in [6.07, 6.45) is 6.88. The number of aromatic amines is 2. The van der Waals surface area contributed by atoms with Gasteiger partial charge in [0, 0.05) is 18.2 Å². The molecule has 4 N–H and O–H groups in total. The maximum absolute atomic E-state index is 14.0. The first kappa shape index (κ1) is 41.4. The molecule has 2 saturated heterocycles. The topological polar surface area (TPSA) is 175 Å². The predicted molar refractivity (Wildman–Crippen MR) is 238 cm³/mol. The second kappa shape index (κ2) is 17.4. The van der Waals surface area contributed by atoms with Gasteiger partial charge in [-0.2, -0.15) is 0 Å². The smallest absolute Gasteiger partial charge is 0.407 e. The zero-order chi connectivity index (χ0) is 43.8. The Kier molecular flexibility index (Phi) is 11.5. The molecular weight excluding hydrogens is 797 g/mol. The van der Waals surface area contributed by atoms with Crippen LogP contribution in [0.3, 0.4) is 0 Å². The molecule has 6 atom stereocenters. The number of imidazole rings is 2. The number of H-pyrrole nitrogens is 2. The Morgan fingerprint density at radius 2 is 1.32 bits per heavy atom. The number of ether oxygens (including phenoxy) is 2. The maximum atomic E-state index is 14.0. The van der Waals surface area contributed by atoms with E-state index in [1.54, 1.807) is 4.90 Å². The van der Waals surface area contributed by atoms with Gasteiger partial charge >= 0.3 is 12.2 Å². The van der Waals surface area contributed by atoms with E-state index in [2.05, 4.69) is 81.3 Å². The second-order valence-corrected chi connectivity index (χ2v) is 17.2. The van der Waals surface area contributed by atoms with Gasteiger partial charge in [-0.1, -0.05) is 92.7 Å². The van der Waals surface area contributed by atoms with Gasteiger partial charge in [0.25, 0.3) is 5.91 Å². The number of fused-ring (bicyclic) bond motifs is 3. The first-order valence-electron chi connectivity index (χ1n) is 21.7. The molecule has 1 aliphatic carbocycles. The molecule has 14 nitrogen and oxygen atoms in total. The number of methoxy groups -OCH3 is 2. The molecule has 4 aromatic carbocycles. The average molecular weight is 849 g/mol. The Hall–Kier alpha value is -6.96. The molecule has 2 aromatic heterocycles. The van der Waals surface area contributed by atoms with Crippen molar-refractivity contribution in [3.8, 4) is 33.6 Å². The molecule has 0 spiro atoms. The first-order chi connectivity index (χ1) is 30.6. The van der Waals surface area contributed by atoms with Crippen molar-refractivity contribution in [1.82, 2.24) is 40.4 Å².